The molecule has 22 heavy (non-hydrogen) atoms. The third-order valence-corrected chi connectivity index (χ3v) is 7.26. The lowest BCUT2D eigenvalue weighted by Crippen LogP contribution is -2.41. The summed E-state index contributed by atoms with van der Waals surface area (Å²) in [5.74, 6) is 0.242. The molecule has 2 aromatic rings. The second-order valence-electron chi connectivity index (χ2n) is 6.41. The van der Waals surface area contributed by atoms with Crippen molar-refractivity contribution in [1.29, 1.82) is 0 Å². The quantitative estimate of drug-likeness (QED) is 0.797. The van der Waals surface area contributed by atoms with Crippen LogP contribution in [0.1, 0.15) is 42.5 Å². The molecule has 114 valence electrons. The van der Waals surface area contributed by atoms with Crippen LogP contribution in [0.2, 0.25) is 0 Å². The van der Waals surface area contributed by atoms with Crippen molar-refractivity contribution in [3.05, 3.63) is 42.1 Å². The number of hydrogen-bond donors (Lipinski definition) is 0. The first kappa shape index (κ1) is 14.1. The Hall–Kier alpha value is -1.55. The molecule has 4 heteroatoms. The highest BCUT2D eigenvalue weighted by Crippen LogP contribution is 2.38. The zero-order chi connectivity index (χ0) is 15.1. The minimum absolute atomic E-state index is 0.0267. The van der Waals surface area contributed by atoms with Gasteiger partial charge in [0.1, 0.15) is 0 Å². The highest BCUT2D eigenvalue weighted by molar-refractivity contribution is 7.86. The largest absolute Gasteiger partial charge is 0.294 e. The van der Waals surface area contributed by atoms with E-state index in [0.29, 0.717) is 0 Å². The van der Waals surface area contributed by atoms with E-state index in [1.165, 1.54) is 6.42 Å². The molecule has 2 bridgehead atoms. The highest BCUT2D eigenvalue weighted by atomic mass is 32.2. The van der Waals surface area contributed by atoms with Crippen molar-refractivity contribution in [2.24, 2.45) is 5.92 Å². The lowest BCUT2D eigenvalue weighted by molar-refractivity contribution is 0.0897. The average molecular weight is 313 g/mol. The van der Waals surface area contributed by atoms with Gasteiger partial charge in [0, 0.05) is 44.4 Å². The molecule has 1 aromatic heterocycles. The monoisotopic (exact) mass is 313 g/mol. The van der Waals surface area contributed by atoms with E-state index in [9.17, 15) is 9.00 Å². The fraction of sp³-hybridized carbons (Fsp3) is 0.444. The Kier molecular flexibility index (Phi) is 3.57. The lowest BCUT2D eigenvalue weighted by atomic mass is 9.83. The molecule has 2 atom stereocenters. The summed E-state index contributed by atoms with van der Waals surface area (Å²) >= 11 is 0. The van der Waals surface area contributed by atoms with Gasteiger partial charge in [0.2, 0.25) is 0 Å². The second kappa shape index (κ2) is 5.58. The standard InChI is InChI=1S/C18H19NO2S/c20-18(12-10-13-4-1-5-14(11-12)22(13)21)16-6-2-8-17-15(16)7-3-9-19-17/h2-3,6-9,12-14H,1,4-5,10-11H2. The molecule has 0 saturated carbocycles. The summed E-state index contributed by atoms with van der Waals surface area (Å²) in [6.07, 6.45) is 6.54. The van der Waals surface area contributed by atoms with Crippen LogP contribution in [0, 0.1) is 5.92 Å². The number of hydrogen-bond acceptors (Lipinski definition) is 3. The van der Waals surface area contributed by atoms with Crippen LogP contribution in [0.5, 0.6) is 0 Å². The number of benzene rings is 1. The Balaban J connectivity index is 1.68. The molecule has 3 nitrogen and oxygen atoms in total. The van der Waals surface area contributed by atoms with Crippen molar-refractivity contribution in [3.8, 4) is 0 Å². The second-order valence-corrected chi connectivity index (χ2v) is 8.40. The number of aromatic nitrogens is 1. The van der Waals surface area contributed by atoms with E-state index in [0.717, 1.165) is 42.1 Å². The molecule has 0 radical (unpaired) electrons. The minimum atomic E-state index is -0.721. The Morgan fingerprint density at radius 3 is 2.64 bits per heavy atom. The molecule has 1 aromatic carbocycles. The van der Waals surface area contributed by atoms with E-state index >= 15 is 0 Å². The molecule has 0 aliphatic carbocycles. The number of ketones is 1. The van der Waals surface area contributed by atoms with Crippen molar-refractivity contribution in [3.63, 3.8) is 0 Å². The first-order chi connectivity index (χ1) is 10.7. The molecular weight excluding hydrogens is 294 g/mol. The molecule has 0 amide bonds. The van der Waals surface area contributed by atoms with Crippen molar-refractivity contribution in [1.82, 2.24) is 4.98 Å². The van der Waals surface area contributed by atoms with Gasteiger partial charge in [-0.1, -0.05) is 24.6 Å². The Bertz CT molecular complexity index is 736. The zero-order valence-electron chi connectivity index (χ0n) is 12.4. The van der Waals surface area contributed by atoms with E-state index in [1.54, 1.807) is 6.20 Å². The van der Waals surface area contributed by atoms with Crippen LogP contribution in [-0.4, -0.2) is 25.5 Å². The number of pyridine rings is 1. The number of carbonyl (C=O) groups is 1. The predicted molar refractivity (Wildman–Crippen MR) is 88.4 cm³/mol. The maximum Gasteiger partial charge on any atom is 0.166 e. The fourth-order valence-electron chi connectivity index (χ4n) is 3.99. The zero-order valence-corrected chi connectivity index (χ0v) is 13.2. The number of Topliss-reactive ketones (excluding diaryl/α,β-unsaturated/α-hetero) is 1. The highest BCUT2D eigenvalue weighted by Gasteiger charge is 2.40. The Morgan fingerprint density at radius 2 is 1.86 bits per heavy atom. The van der Waals surface area contributed by atoms with Crippen molar-refractivity contribution in [2.75, 3.05) is 0 Å². The summed E-state index contributed by atoms with van der Waals surface area (Å²) in [7, 11) is -0.721. The topological polar surface area (TPSA) is 47.0 Å². The molecule has 2 aliphatic rings. The number of nitrogens with zero attached hydrogens (tertiary/aromatic N) is 1. The van der Waals surface area contributed by atoms with Gasteiger partial charge in [0.25, 0.3) is 0 Å². The van der Waals surface area contributed by atoms with Gasteiger partial charge in [0.15, 0.2) is 5.78 Å². The first-order valence-electron chi connectivity index (χ1n) is 8.01. The number of rotatable bonds is 2. The van der Waals surface area contributed by atoms with Crippen LogP contribution in [0.25, 0.3) is 10.9 Å². The molecule has 0 N–H and O–H groups in total. The molecule has 2 aliphatic heterocycles. The van der Waals surface area contributed by atoms with Gasteiger partial charge in [-0.25, -0.2) is 0 Å². The molecular formula is C18H19NO2S. The van der Waals surface area contributed by atoms with Crippen molar-refractivity contribution < 1.29 is 9.00 Å². The van der Waals surface area contributed by atoms with Gasteiger partial charge in [0.05, 0.1) is 5.52 Å². The summed E-state index contributed by atoms with van der Waals surface area (Å²) in [6, 6.07) is 9.61. The third kappa shape index (κ3) is 2.30. The van der Waals surface area contributed by atoms with Crippen LogP contribution in [0.3, 0.4) is 0 Å². The minimum Gasteiger partial charge on any atom is -0.294 e. The smallest absolute Gasteiger partial charge is 0.166 e. The van der Waals surface area contributed by atoms with E-state index < -0.39 is 10.8 Å². The molecule has 2 unspecified atom stereocenters. The molecule has 4 rings (SSSR count). The maximum atomic E-state index is 13.0. The number of carbonyl (C=O) groups excluding carboxylic acids is 1. The van der Waals surface area contributed by atoms with E-state index in [1.807, 2.05) is 30.3 Å². The van der Waals surface area contributed by atoms with Gasteiger partial charge in [-0.2, -0.15) is 0 Å². The average Bonchev–Trinajstić information content (AvgIpc) is 2.53. The van der Waals surface area contributed by atoms with Gasteiger partial charge < -0.3 is 0 Å². The SMILES string of the molecule is O=C(c1cccc2ncccc12)C1CC2CCCC(C1)S2=O. The summed E-state index contributed by atoms with van der Waals surface area (Å²) in [6.45, 7) is 0. The van der Waals surface area contributed by atoms with Crippen LogP contribution < -0.4 is 0 Å². The van der Waals surface area contributed by atoms with E-state index in [2.05, 4.69) is 4.98 Å². The molecule has 0 spiro atoms. The molecule has 3 heterocycles. The predicted octanol–water partition coefficient (Wildman–Crippen LogP) is 3.50. The van der Waals surface area contributed by atoms with Crippen LogP contribution in [0.4, 0.5) is 0 Å². The first-order valence-corrected chi connectivity index (χ1v) is 9.29. The van der Waals surface area contributed by atoms with Gasteiger partial charge >= 0.3 is 0 Å². The van der Waals surface area contributed by atoms with E-state index in [4.69, 9.17) is 0 Å². The molecule has 2 saturated heterocycles. The van der Waals surface area contributed by atoms with Crippen molar-refractivity contribution >= 4 is 27.5 Å². The summed E-state index contributed by atoms with van der Waals surface area (Å²) in [5.41, 5.74) is 1.65. The third-order valence-electron chi connectivity index (χ3n) is 5.09. The van der Waals surface area contributed by atoms with Gasteiger partial charge in [-0.05, 0) is 37.8 Å². The van der Waals surface area contributed by atoms with Crippen LogP contribution in [0.15, 0.2) is 36.5 Å². The summed E-state index contributed by atoms with van der Waals surface area (Å²) in [4.78, 5) is 17.4. The van der Waals surface area contributed by atoms with Crippen molar-refractivity contribution in [2.45, 2.75) is 42.6 Å². The summed E-state index contributed by atoms with van der Waals surface area (Å²) in [5, 5.41) is 1.40. The molecule has 2 fully saturated rings. The fourth-order valence-corrected chi connectivity index (χ4v) is 6.17. The normalized spacial score (nSPS) is 31.1. The van der Waals surface area contributed by atoms with Gasteiger partial charge in [-0.15, -0.1) is 0 Å². The van der Waals surface area contributed by atoms with Crippen LogP contribution in [-0.2, 0) is 10.8 Å². The summed E-state index contributed by atoms with van der Waals surface area (Å²) < 4.78 is 12.3. The van der Waals surface area contributed by atoms with E-state index in [-0.39, 0.29) is 22.2 Å². The lowest BCUT2D eigenvalue weighted by Gasteiger charge is -2.37. The number of fused-ring (bicyclic) bond motifs is 3. The maximum absolute atomic E-state index is 13.0. The Labute approximate surface area is 132 Å². The van der Waals surface area contributed by atoms with Gasteiger partial charge in [-0.3, -0.25) is 14.0 Å². The Morgan fingerprint density at radius 1 is 1.09 bits per heavy atom. The van der Waals surface area contributed by atoms with Crippen LogP contribution >= 0.6 is 0 Å².